The van der Waals surface area contributed by atoms with E-state index < -0.39 is 5.97 Å². The van der Waals surface area contributed by atoms with Gasteiger partial charge in [-0.1, -0.05) is 24.3 Å². The van der Waals surface area contributed by atoms with Crippen LogP contribution in [0.25, 0.3) is 0 Å². The molecule has 1 aromatic carbocycles. The minimum Gasteiger partial charge on any atom is -0.476 e. The van der Waals surface area contributed by atoms with E-state index in [0.29, 0.717) is 5.92 Å². The molecule has 0 amide bonds. The van der Waals surface area contributed by atoms with Crippen molar-refractivity contribution in [2.24, 2.45) is 0 Å². The molecule has 3 rings (SSSR count). The minimum atomic E-state index is -0.940. The molecule has 110 valence electrons. The standard InChI is InChI=1S/C16H18N2O2S/c1-10-5-3-4-6-13(10)12-7-8-18(9-12)16-17-14(15(19)20)11(2)21-16/h3-6,12H,7-9H2,1-2H3,(H,19,20). The lowest BCUT2D eigenvalue weighted by atomic mass is 9.94. The van der Waals surface area contributed by atoms with Crippen molar-refractivity contribution in [1.82, 2.24) is 4.98 Å². The monoisotopic (exact) mass is 302 g/mol. The Hall–Kier alpha value is -1.88. The summed E-state index contributed by atoms with van der Waals surface area (Å²) in [6, 6.07) is 8.49. The van der Waals surface area contributed by atoms with Crippen molar-refractivity contribution in [1.29, 1.82) is 0 Å². The number of benzene rings is 1. The summed E-state index contributed by atoms with van der Waals surface area (Å²) in [5.41, 5.74) is 2.91. The first kappa shape index (κ1) is 14.1. The molecular weight excluding hydrogens is 284 g/mol. The van der Waals surface area contributed by atoms with E-state index in [4.69, 9.17) is 5.11 Å². The fraction of sp³-hybridized carbons (Fsp3) is 0.375. The summed E-state index contributed by atoms with van der Waals surface area (Å²) in [6.45, 7) is 5.81. The first-order valence-electron chi connectivity index (χ1n) is 7.07. The van der Waals surface area contributed by atoms with E-state index in [9.17, 15) is 4.79 Å². The van der Waals surface area contributed by atoms with Crippen molar-refractivity contribution in [3.05, 3.63) is 46.0 Å². The Morgan fingerprint density at radius 2 is 2.14 bits per heavy atom. The molecule has 1 atom stereocenters. The van der Waals surface area contributed by atoms with E-state index in [2.05, 4.69) is 41.1 Å². The number of hydrogen-bond donors (Lipinski definition) is 1. The highest BCUT2D eigenvalue weighted by Crippen LogP contribution is 2.34. The van der Waals surface area contributed by atoms with Crippen LogP contribution in [0.1, 0.15) is 38.8 Å². The Bertz CT molecular complexity index is 681. The van der Waals surface area contributed by atoms with Gasteiger partial charge in [-0.05, 0) is 31.4 Å². The van der Waals surface area contributed by atoms with E-state index in [-0.39, 0.29) is 5.69 Å². The third-order valence-electron chi connectivity index (χ3n) is 4.07. The number of aromatic carboxylic acids is 1. The van der Waals surface area contributed by atoms with Gasteiger partial charge >= 0.3 is 5.97 Å². The van der Waals surface area contributed by atoms with Gasteiger partial charge in [0.1, 0.15) is 0 Å². The smallest absolute Gasteiger partial charge is 0.355 e. The van der Waals surface area contributed by atoms with Gasteiger partial charge in [0.05, 0.1) is 0 Å². The Kier molecular flexibility index (Phi) is 3.68. The van der Waals surface area contributed by atoms with E-state index in [1.807, 2.05) is 6.92 Å². The van der Waals surface area contributed by atoms with Gasteiger partial charge in [-0.15, -0.1) is 11.3 Å². The Morgan fingerprint density at radius 3 is 2.81 bits per heavy atom. The molecule has 0 spiro atoms. The normalized spacial score (nSPS) is 18.2. The first-order valence-corrected chi connectivity index (χ1v) is 7.89. The van der Waals surface area contributed by atoms with Gasteiger partial charge in [0, 0.05) is 23.9 Å². The van der Waals surface area contributed by atoms with E-state index in [0.717, 1.165) is 29.5 Å². The molecule has 1 aromatic heterocycles. The van der Waals surface area contributed by atoms with Crippen molar-refractivity contribution < 1.29 is 9.90 Å². The Morgan fingerprint density at radius 1 is 1.38 bits per heavy atom. The van der Waals surface area contributed by atoms with Gasteiger partial charge in [0.15, 0.2) is 10.8 Å². The summed E-state index contributed by atoms with van der Waals surface area (Å²) in [4.78, 5) is 18.4. The van der Waals surface area contributed by atoms with Crippen LogP contribution in [0.2, 0.25) is 0 Å². The number of hydrogen-bond acceptors (Lipinski definition) is 4. The molecule has 2 aromatic rings. The fourth-order valence-electron chi connectivity index (χ4n) is 2.95. The topological polar surface area (TPSA) is 53.4 Å². The molecule has 1 fully saturated rings. The average Bonchev–Trinajstić information content (AvgIpc) is 3.05. The number of aromatic nitrogens is 1. The lowest BCUT2D eigenvalue weighted by Crippen LogP contribution is -2.19. The molecule has 0 aliphatic carbocycles. The summed E-state index contributed by atoms with van der Waals surface area (Å²) in [5, 5.41) is 9.95. The van der Waals surface area contributed by atoms with Crippen LogP contribution in [0.15, 0.2) is 24.3 Å². The predicted octanol–water partition coefficient (Wildman–Crippen LogP) is 3.45. The Labute approximate surface area is 128 Å². The maximum absolute atomic E-state index is 11.1. The summed E-state index contributed by atoms with van der Waals surface area (Å²) >= 11 is 1.48. The molecule has 1 saturated heterocycles. The van der Waals surface area contributed by atoms with Crippen molar-refractivity contribution in [3.63, 3.8) is 0 Å². The molecule has 1 aliphatic heterocycles. The highest BCUT2D eigenvalue weighted by Gasteiger charge is 2.28. The second-order valence-electron chi connectivity index (χ2n) is 5.49. The van der Waals surface area contributed by atoms with Crippen LogP contribution >= 0.6 is 11.3 Å². The van der Waals surface area contributed by atoms with Crippen LogP contribution in [-0.4, -0.2) is 29.1 Å². The third kappa shape index (κ3) is 2.65. The molecule has 2 heterocycles. The molecule has 1 unspecified atom stereocenters. The molecule has 0 bridgehead atoms. The summed E-state index contributed by atoms with van der Waals surface area (Å²) in [5.74, 6) is -0.437. The largest absolute Gasteiger partial charge is 0.476 e. The van der Waals surface area contributed by atoms with Gasteiger partial charge in [0.25, 0.3) is 0 Å². The average molecular weight is 302 g/mol. The highest BCUT2D eigenvalue weighted by atomic mass is 32.1. The number of carbonyl (C=O) groups is 1. The Balaban J connectivity index is 1.80. The first-order chi connectivity index (χ1) is 10.1. The molecule has 1 N–H and O–H groups in total. The van der Waals surface area contributed by atoms with Crippen molar-refractivity contribution >= 4 is 22.4 Å². The van der Waals surface area contributed by atoms with Crippen LogP contribution in [0.4, 0.5) is 5.13 Å². The van der Waals surface area contributed by atoms with Crippen molar-refractivity contribution in [2.45, 2.75) is 26.2 Å². The zero-order chi connectivity index (χ0) is 15.0. The minimum absolute atomic E-state index is 0.189. The number of anilines is 1. The van der Waals surface area contributed by atoms with Crippen LogP contribution in [0.3, 0.4) is 0 Å². The second kappa shape index (κ2) is 5.48. The molecule has 1 aliphatic rings. The maximum atomic E-state index is 11.1. The SMILES string of the molecule is Cc1ccccc1C1CCN(c2nc(C(=O)O)c(C)s2)C1. The van der Waals surface area contributed by atoms with Gasteiger partial charge < -0.3 is 10.0 Å². The van der Waals surface area contributed by atoms with Crippen LogP contribution in [-0.2, 0) is 0 Å². The number of aryl methyl sites for hydroxylation is 2. The van der Waals surface area contributed by atoms with Crippen molar-refractivity contribution in [3.8, 4) is 0 Å². The summed E-state index contributed by atoms with van der Waals surface area (Å²) in [7, 11) is 0. The predicted molar refractivity (Wildman–Crippen MR) is 84.6 cm³/mol. The van der Waals surface area contributed by atoms with E-state index in [1.54, 1.807) is 0 Å². The maximum Gasteiger partial charge on any atom is 0.355 e. The van der Waals surface area contributed by atoms with Gasteiger partial charge in [-0.25, -0.2) is 9.78 Å². The van der Waals surface area contributed by atoms with Gasteiger partial charge in [0.2, 0.25) is 0 Å². The number of thiazole rings is 1. The zero-order valence-corrected chi connectivity index (χ0v) is 13.0. The summed E-state index contributed by atoms with van der Waals surface area (Å²) < 4.78 is 0. The second-order valence-corrected chi connectivity index (χ2v) is 6.68. The summed E-state index contributed by atoms with van der Waals surface area (Å²) in [6.07, 6.45) is 1.09. The fourth-order valence-corrected chi connectivity index (χ4v) is 3.88. The van der Waals surface area contributed by atoms with Gasteiger partial charge in [-0.3, -0.25) is 0 Å². The van der Waals surface area contributed by atoms with E-state index >= 15 is 0 Å². The molecular formula is C16H18N2O2S. The number of carboxylic acid groups (broad SMARTS) is 1. The van der Waals surface area contributed by atoms with Crippen LogP contribution < -0.4 is 4.90 Å². The lowest BCUT2D eigenvalue weighted by molar-refractivity contribution is 0.0690. The third-order valence-corrected chi connectivity index (χ3v) is 5.11. The van der Waals surface area contributed by atoms with Crippen LogP contribution in [0, 0.1) is 13.8 Å². The lowest BCUT2D eigenvalue weighted by Gasteiger charge is -2.16. The number of carboxylic acids is 1. The molecule has 21 heavy (non-hydrogen) atoms. The molecule has 0 saturated carbocycles. The molecule has 0 radical (unpaired) electrons. The number of rotatable bonds is 3. The van der Waals surface area contributed by atoms with Crippen LogP contribution in [0.5, 0.6) is 0 Å². The van der Waals surface area contributed by atoms with Crippen molar-refractivity contribution in [2.75, 3.05) is 18.0 Å². The highest BCUT2D eigenvalue weighted by molar-refractivity contribution is 7.15. The van der Waals surface area contributed by atoms with E-state index in [1.165, 1.54) is 22.5 Å². The molecule has 4 nitrogen and oxygen atoms in total. The molecule has 5 heteroatoms. The van der Waals surface area contributed by atoms with Gasteiger partial charge in [-0.2, -0.15) is 0 Å². The quantitative estimate of drug-likeness (QED) is 0.943. The number of nitrogens with zero attached hydrogens (tertiary/aromatic N) is 2. The zero-order valence-electron chi connectivity index (χ0n) is 12.2.